The second kappa shape index (κ2) is 4.49. The number of nitrogens with zero attached hydrogens (tertiary/aromatic N) is 3. The maximum atomic E-state index is 5.95. The van der Waals surface area contributed by atoms with E-state index in [-0.39, 0.29) is 0 Å². The topological polar surface area (TPSA) is 42.2 Å². The first-order chi connectivity index (χ1) is 9.78. The molecule has 2 heterocycles. The van der Waals surface area contributed by atoms with Crippen molar-refractivity contribution in [3.63, 3.8) is 0 Å². The van der Waals surface area contributed by atoms with Gasteiger partial charge in [0.1, 0.15) is 0 Å². The van der Waals surface area contributed by atoms with Gasteiger partial charge in [0.05, 0.1) is 5.02 Å². The summed E-state index contributed by atoms with van der Waals surface area (Å²) in [6, 6.07) is 12.6. The van der Waals surface area contributed by atoms with Gasteiger partial charge in [-0.2, -0.15) is 4.98 Å². The van der Waals surface area contributed by atoms with Crippen molar-refractivity contribution in [2.45, 2.75) is 18.9 Å². The van der Waals surface area contributed by atoms with Crippen LogP contribution < -0.4 is 5.32 Å². The monoisotopic (exact) mass is 284 g/mol. The first-order valence-corrected chi connectivity index (χ1v) is 7.01. The molecule has 0 saturated carbocycles. The van der Waals surface area contributed by atoms with Crippen molar-refractivity contribution in [1.82, 2.24) is 14.6 Å². The lowest BCUT2D eigenvalue weighted by Gasteiger charge is -2.08. The van der Waals surface area contributed by atoms with E-state index in [2.05, 4.69) is 39.7 Å². The Morgan fingerprint density at radius 3 is 2.60 bits per heavy atom. The maximum absolute atomic E-state index is 5.95. The van der Waals surface area contributed by atoms with Gasteiger partial charge in [-0.25, -0.2) is 4.52 Å². The van der Waals surface area contributed by atoms with Crippen LogP contribution in [0.3, 0.4) is 0 Å². The lowest BCUT2D eigenvalue weighted by molar-refractivity contribution is 0.760. The predicted octanol–water partition coefficient (Wildman–Crippen LogP) is 2.96. The molecule has 0 aliphatic heterocycles. The van der Waals surface area contributed by atoms with Gasteiger partial charge in [0.15, 0.2) is 5.65 Å². The minimum atomic E-state index is 0.361. The van der Waals surface area contributed by atoms with Crippen molar-refractivity contribution in [1.29, 1.82) is 0 Å². The molecule has 0 bridgehead atoms. The van der Waals surface area contributed by atoms with E-state index >= 15 is 0 Å². The van der Waals surface area contributed by atoms with Gasteiger partial charge >= 0.3 is 0 Å². The Bertz CT molecular complexity index is 755. The van der Waals surface area contributed by atoms with E-state index in [1.165, 1.54) is 11.1 Å². The molecule has 1 aliphatic carbocycles. The SMILES string of the molecule is Clc1ccc2nc(NC3Cc4ccccc4C3)nn2c1. The number of hydrogen-bond donors (Lipinski definition) is 1. The van der Waals surface area contributed by atoms with Crippen LogP contribution in [0.5, 0.6) is 0 Å². The zero-order chi connectivity index (χ0) is 13.5. The van der Waals surface area contributed by atoms with E-state index in [9.17, 15) is 0 Å². The van der Waals surface area contributed by atoms with Crippen LogP contribution in [0.25, 0.3) is 5.65 Å². The fraction of sp³-hybridized carbons (Fsp3) is 0.200. The van der Waals surface area contributed by atoms with Crippen molar-refractivity contribution in [2.24, 2.45) is 0 Å². The van der Waals surface area contributed by atoms with Crippen LogP contribution in [0.2, 0.25) is 5.02 Å². The third kappa shape index (κ3) is 2.02. The standard InChI is InChI=1S/C15H13ClN4/c16-12-5-6-14-18-15(19-20(14)9-12)17-13-7-10-3-1-2-4-11(10)8-13/h1-6,9,13H,7-8H2,(H,17,19). The molecule has 0 unspecified atom stereocenters. The highest BCUT2D eigenvalue weighted by Gasteiger charge is 2.21. The molecular formula is C15H13ClN4. The molecule has 0 spiro atoms. The molecule has 1 N–H and O–H groups in total. The van der Waals surface area contributed by atoms with Gasteiger partial charge < -0.3 is 5.32 Å². The number of nitrogens with one attached hydrogen (secondary N) is 1. The molecule has 4 rings (SSSR count). The molecule has 3 aromatic rings. The average molecular weight is 285 g/mol. The molecule has 2 aromatic heterocycles. The minimum absolute atomic E-state index is 0.361. The van der Waals surface area contributed by atoms with Crippen LogP contribution in [0, 0.1) is 0 Å². The molecular weight excluding hydrogens is 272 g/mol. The summed E-state index contributed by atoms with van der Waals surface area (Å²) in [7, 11) is 0. The summed E-state index contributed by atoms with van der Waals surface area (Å²) in [4.78, 5) is 4.46. The Labute approximate surface area is 121 Å². The average Bonchev–Trinajstić information content (AvgIpc) is 3.00. The zero-order valence-electron chi connectivity index (χ0n) is 10.8. The van der Waals surface area contributed by atoms with Crippen molar-refractivity contribution in [3.8, 4) is 0 Å². The van der Waals surface area contributed by atoms with Gasteiger partial charge in [-0.3, -0.25) is 0 Å². The highest BCUT2D eigenvalue weighted by atomic mass is 35.5. The Balaban J connectivity index is 1.57. The highest BCUT2D eigenvalue weighted by molar-refractivity contribution is 6.30. The number of hydrogen-bond acceptors (Lipinski definition) is 3. The van der Waals surface area contributed by atoms with Crippen LogP contribution in [0.15, 0.2) is 42.6 Å². The summed E-state index contributed by atoms with van der Waals surface area (Å²) in [6.07, 6.45) is 3.80. The maximum Gasteiger partial charge on any atom is 0.243 e. The van der Waals surface area contributed by atoms with Crippen molar-refractivity contribution in [3.05, 3.63) is 58.7 Å². The molecule has 0 saturated heterocycles. The number of benzene rings is 1. The number of anilines is 1. The molecule has 1 aromatic carbocycles. The molecule has 0 fully saturated rings. The fourth-order valence-electron chi connectivity index (χ4n) is 2.76. The molecule has 4 nitrogen and oxygen atoms in total. The van der Waals surface area contributed by atoms with E-state index in [4.69, 9.17) is 11.6 Å². The largest absolute Gasteiger partial charge is 0.350 e. The summed E-state index contributed by atoms with van der Waals surface area (Å²) in [5.41, 5.74) is 3.63. The second-order valence-electron chi connectivity index (χ2n) is 5.10. The quantitative estimate of drug-likeness (QED) is 0.787. The van der Waals surface area contributed by atoms with Crippen molar-refractivity contribution < 1.29 is 0 Å². The first-order valence-electron chi connectivity index (χ1n) is 6.63. The molecule has 5 heteroatoms. The predicted molar refractivity (Wildman–Crippen MR) is 79.3 cm³/mol. The number of fused-ring (bicyclic) bond motifs is 2. The Hall–Kier alpha value is -2.07. The fourth-order valence-corrected chi connectivity index (χ4v) is 2.92. The molecule has 0 amide bonds. The van der Waals surface area contributed by atoms with Gasteiger partial charge in [0.2, 0.25) is 5.95 Å². The van der Waals surface area contributed by atoms with Gasteiger partial charge in [-0.15, -0.1) is 5.10 Å². The number of rotatable bonds is 2. The summed E-state index contributed by atoms with van der Waals surface area (Å²) < 4.78 is 1.70. The van der Waals surface area contributed by atoms with Crippen LogP contribution in [0.4, 0.5) is 5.95 Å². The van der Waals surface area contributed by atoms with Gasteiger partial charge in [0.25, 0.3) is 0 Å². The van der Waals surface area contributed by atoms with E-state index in [0.29, 0.717) is 17.0 Å². The summed E-state index contributed by atoms with van der Waals surface area (Å²) in [5, 5.41) is 8.48. The normalized spacial score (nSPS) is 14.7. The van der Waals surface area contributed by atoms with Crippen LogP contribution in [-0.2, 0) is 12.8 Å². The molecule has 20 heavy (non-hydrogen) atoms. The first kappa shape index (κ1) is 11.7. The van der Waals surface area contributed by atoms with Crippen LogP contribution in [0.1, 0.15) is 11.1 Å². The van der Waals surface area contributed by atoms with Crippen LogP contribution in [-0.4, -0.2) is 20.6 Å². The van der Waals surface area contributed by atoms with E-state index < -0.39 is 0 Å². The Morgan fingerprint density at radius 1 is 1.10 bits per heavy atom. The second-order valence-corrected chi connectivity index (χ2v) is 5.54. The van der Waals surface area contributed by atoms with E-state index in [0.717, 1.165) is 18.5 Å². The Morgan fingerprint density at radius 2 is 1.85 bits per heavy atom. The molecule has 100 valence electrons. The molecule has 0 radical (unpaired) electrons. The van der Waals surface area contributed by atoms with Crippen LogP contribution >= 0.6 is 11.6 Å². The minimum Gasteiger partial charge on any atom is -0.350 e. The number of halogens is 1. The van der Waals surface area contributed by atoms with Crippen molar-refractivity contribution >= 4 is 23.2 Å². The number of aromatic nitrogens is 3. The summed E-state index contributed by atoms with van der Waals surface area (Å²) in [6.45, 7) is 0. The molecule has 0 atom stereocenters. The van der Waals surface area contributed by atoms with Crippen molar-refractivity contribution in [2.75, 3.05) is 5.32 Å². The highest BCUT2D eigenvalue weighted by Crippen LogP contribution is 2.23. The third-order valence-electron chi connectivity index (χ3n) is 3.68. The summed E-state index contributed by atoms with van der Waals surface area (Å²) >= 11 is 5.95. The van der Waals surface area contributed by atoms with Gasteiger partial charge in [-0.1, -0.05) is 35.9 Å². The summed E-state index contributed by atoms with van der Waals surface area (Å²) in [5.74, 6) is 0.657. The number of pyridine rings is 1. The third-order valence-corrected chi connectivity index (χ3v) is 3.90. The van der Waals surface area contributed by atoms with E-state index in [1.54, 1.807) is 10.7 Å². The van der Waals surface area contributed by atoms with Gasteiger partial charge in [0, 0.05) is 12.2 Å². The van der Waals surface area contributed by atoms with Gasteiger partial charge in [-0.05, 0) is 36.1 Å². The van der Waals surface area contributed by atoms with E-state index in [1.807, 2.05) is 12.1 Å². The molecule has 1 aliphatic rings. The zero-order valence-corrected chi connectivity index (χ0v) is 11.5. The Kier molecular flexibility index (Phi) is 2.63. The lowest BCUT2D eigenvalue weighted by Crippen LogP contribution is -2.20. The smallest absolute Gasteiger partial charge is 0.243 e. The lowest BCUT2D eigenvalue weighted by atomic mass is 10.1.